The van der Waals surface area contributed by atoms with E-state index >= 15 is 0 Å². The average Bonchev–Trinajstić information content (AvgIpc) is 3.23. The van der Waals surface area contributed by atoms with Gasteiger partial charge in [-0.15, -0.1) is 0 Å². The van der Waals surface area contributed by atoms with Gasteiger partial charge in [0.05, 0.1) is 30.7 Å². The van der Waals surface area contributed by atoms with Gasteiger partial charge in [-0.05, 0) is 25.5 Å². The fourth-order valence-corrected chi connectivity index (χ4v) is 4.03. The van der Waals surface area contributed by atoms with Gasteiger partial charge >= 0.3 is 5.97 Å². The lowest BCUT2D eigenvalue weighted by Crippen LogP contribution is -2.56. The second kappa shape index (κ2) is 6.05. The Morgan fingerprint density at radius 3 is 2.71 bits per heavy atom. The molecule has 2 saturated heterocycles. The van der Waals surface area contributed by atoms with Crippen molar-refractivity contribution in [3.63, 3.8) is 0 Å². The Kier molecular flexibility index (Phi) is 4.21. The first kappa shape index (κ1) is 16.7. The number of likely N-dealkylation sites (tertiary alicyclic amines) is 1. The number of carbonyl (C=O) groups is 3. The average molecular weight is 334 g/mol. The van der Waals surface area contributed by atoms with Crippen molar-refractivity contribution in [2.45, 2.75) is 38.3 Å². The Balaban J connectivity index is 2.10. The van der Waals surface area contributed by atoms with E-state index < -0.39 is 29.4 Å². The van der Waals surface area contributed by atoms with Gasteiger partial charge in [-0.1, -0.05) is 13.3 Å². The number of nitrogens with zero attached hydrogens (tertiary/aromatic N) is 1. The summed E-state index contributed by atoms with van der Waals surface area (Å²) < 4.78 is 10.7. The van der Waals surface area contributed by atoms with Crippen LogP contribution in [-0.2, 0) is 19.1 Å². The highest BCUT2D eigenvalue weighted by atomic mass is 16.5. The molecule has 2 aliphatic rings. The van der Waals surface area contributed by atoms with Crippen LogP contribution in [0.1, 0.15) is 38.5 Å². The maximum absolute atomic E-state index is 12.8. The number of hydrogen-bond donors (Lipinski definition) is 1. The molecule has 1 N–H and O–H groups in total. The van der Waals surface area contributed by atoms with E-state index in [1.165, 1.54) is 13.3 Å². The maximum atomic E-state index is 12.8. The van der Waals surface area contributed by atoms with Crippen LogP contribution in [0, 0.1) is 11.8 Å². The molecule has 1 aromatic rings. The minimum absolute atomic E-state index is 0.215. The summed E-state index contributed by atoms with van der Waals surface area (Å²) in [5.74, 6) is -2.00. The van der Waals surface area contributed by atoms with E-state index in [0.29, 0.717) is 18.6 Å². The predicted octanol–water partition coefficient (Wildman–Crippen LogP) is 1.26. The lowest BCUT2D eigenvalue weighted by Gasteiger charge is -2.32. The first-order valence-electron chi connectivity index (χ1n) is 8.27. The SMILES string of the molecule is CCCC1(C(=O)OCC)NC(c2ccco2)C2C(=O)N(C)C(=O)C21. The number of imide groups is 1. The first-order chi connectivity index (χ1) is 11.5. The molecule has 1 aromatic heterocycles. The largest absolute Gasteiger partial charge is 0.468 e. The second-order valence-corrected chi connectivity index (χ2v) is 6.32. The van der Waals surface area contributed by atoms with Crippen LogP contribution in [0.2, 0.25) is 0 Å². The van der Waals surface area contributed by atoms with E-state index in [2.05, 4.69) is 5.32 Å². The van der Waals surface area contributed by atoms with Crippen LogP contribution >= 0.6 is 0 Å². The number of amides is 2. The molecule has 0 spiro atoms. The van der Waals surface area contributed by atoms with E-state index in [-0.39, 0.29) is 18.4 Å². The minimum atomic E-state index is -1.20. The van der Waals surface area contributed by atoms with Crippen molar-refractivity contribution in [2.75, 3.05) is 13.7 Å². The summed E-state index contributed by atoms with van der Waals surface area (Å²) in [6, 6.07) is 2.95. The fraction of sp³-hybridized carbons (Fsp3) is 0.588. The number of hydrogen-bond acceptors (Lipinski definition) is 6. The zero-order valence-electron chi connectivity index (χ0n) is 14.1. The van der Waals surface area contributed by atoms with E-state index in [9.17, 15) is 14.4 Å². The number of nitrogens with one attached hydrogen (secondary N) is 1. The van der Waals surface area contributed by atoms with Crippen molar-refractivity contribution < 1.29 is 23.5 Å². The van der Waals surface area contributed by atoms with E-state index in [4.69, 9.17) is 9.15 Å². The van der Waals surface area contributed by atoms with Crippen LogP contribution in [0.4, 0.5) is 0 Å². The van der Waals surface area contributed by atoms with Gasteiger partial charge in [0, 0.05) is 7.05 Å². The lowest BCUT2D eigenvalue weighted by molar-refractivity contribution is -0.156. The van der Waals surface area contributed by atoms with Crippen molar-refractivity contribution in [1.29, 1.82) is 0 Å². The number of furan rings is 1. The molecule has 24 heavy (non-hydrogen) atoms. The number of ether oxygens (including phenoxy) is 1. The Morgan fingerprint density at radius 2 is 2.12 bits per heavy atom. The van der Waals surface area contributed by atoms with Crippen molar-refractivity contribution in [1.82, 2.24) is 10.2 Å². The smallest absolute Gasteiger partial charge is 0.327 e. The number of esters is 1. The molecule has 4 atom stereocenters. The molecular weight excluding hydrogens is 312 g/mol. The van der Waals surface area contributed by atoms with Gasteiger partial charge in [-0.25, -0.2) is 0 Å². The van der Waals surface area contributed by atoms with Crippen molar-refractivity contribution in [2.24, 2.45) is 11.8 Å². The quantitative estimate of drug-likeness (QED) is 0.644. The molecule has 2 amide bonds. The highest BCUT2D eigenvalue weighted by molar-refractivity contribution is 6.09. The number of carbonyl (C=O) groups excluding carboxylic acids is 3. The van der Waals surface area contributed by atoms with Gasteiger partial charge in [0.1, 0.15) is 11.3 Å². The molecule has 0 radical (unpaired) electrons. The van der Waals surface area contributed by atoms with Crippen LogP contribution in [0.5, 0.6) is 0 Å². The maximum Gasteiger partial charge on any atom is 0.327 e. The van der Waals surface area contributed by atoms with Crippen molar-refractivity contribution >= 4 is 17.8 Å². The number of fused-ring (bicyclic) bond motifs is 1. The summed E-state index contributed by atoms with van der Waals surface area (Å²) in [6.45, 7) is 3.87. The Bertz CT molecular complexity index is 656. The molecule has 0 bridgehead atoms. The molecule has 2 aliphatic heterocycles. The summed E-state index contributed by atoms with van der Waals surface area (Å²) in [5, 5.41) is 3.24. The highest BCUT2D eigenvalue weighted by Crippen LogP contribution is 2.50. The Labute approximate surface area is 140 Å². The molecule has 130 valence electrons. The van der Waals surface area contributed by atoms with Gasteiger partial charge < -0.3 is 9.15 Å². The zero-order valence-corrected chi connectivity index (χ0v) is 14.1. The van der Waals surface area contributed by atoms with E-state index in [0.717, 1.165) is 4.90 Å². The molecule has 4 unspecified atom stereocenters. The zero-order chi connectivity index (χ0) is 17.5. The van der Waals surface area contributed by atoms with Crippen molar-refractivity contribution in [3.05, 3.63) is 24.2 Å². The van der Waals surface area contributed by atoms with Crippen LogP contribution in [0.3, 0.4) is 0 Å². The molecule has 0 aliphatic carbocycles. The molecule has 3 heterocycles. The minimum Gasteiger partial charge on any atom is -0.468 e. The van der Waals surface area contributed by atoms with Crippen molar-refractivity contribution in [3.8, 4) is 0 Å². The van der Waals surface area contributed by atoms with Crippen LogP contribution in [-0.4, -0.2) is 41.9 Å². The summed E-state index contributed by atoms with van der Waals surface area (Å²) in [6.07, 6.45) is 2.60. The molecule has 7 heteroatoms. The van der Waals surface area contributed by atoms with Gasteiger partial charge in [0.15, 0.2) is 0 Å². The van der Waals surface area contributed by atoms with Crippen LogP contribution < -0.4 is 5.32 Å². The van der Waals surface area contributed by atoms with Gasteiger partial charge in [-0.2, -0.15) is 0 Å². The van der Waals surface area contributed by atoms with Crippen LogP contribution in [0.25, 0.3) is 0 Å². The summed E-state index contributed by atoms with van der Waals surface area (Å²) in [5.41, 5.74) is -1.20. The van der Waals surface area contributed by atoms with Crippen LogP contribution in [0.15, 0.2) is 22.8 Å². The monoisotopic (exact) mass is 334 g/mol. The molecule has 7 nitrogen and oxygen atoms in total. The first-order valence-corrected chi connectivity index (χ1v) is 8.27. The molecule has 0 aromatic carbocycles. The molecule has 2 fully saturated rings. The lowest BCUT2D eigenvalue weighted by atomic mass is 9.77. The third-order valence-electron chi connectivity index (χ3n) is 5.01. The highest BCUT2D eigenvalue weighted by Gasteiger charge is 2.68. The second-order valence-electron chi connectivity index (χ2n) is 6.32. The summed E-state index contributed by atoms with van der Waals surface area (Å²) in [4.78, 5) is 39.3. The third-order valence-corrected chi connectivity index (χ3v) is 5.01. The Morgan fingerprint density at radius 1 is 1.38 bits per heavy atom. The third kappa shape index (κ3) is 2.18. The van der Waals surface area contributed by atoms with E-state index in [1.807, 2.05) is 6.92 Å². The summed E-state index contributed by atoms with van der Waals surface area (Å²) in [7, 11) is 1.46. The fourth-order valence-electron chi connectivity index (χ4n) is 4.03. The predicted molar refractivity (Wildman–Crippen MR) is 83.6 cm³/mol. The normalized spacial score (nSPS) is 32.3. The molecule has 0 saturated carbocycles. The molecule has 3 rings (SSSR count). The summed E-state index contributed by atoms with van der Waals surface area (Å²) >= 11 is 0. The van der Waals surface area contributed by atoms with E-state index in [1.54, 1.807) is 19.1 Å². The van der Waals surface area contributed by atoms with Gasteiger partial charge in [0.2, 0.25) is 11.8 Å². The van der Waals surface area contributed by atoms with Gasteiger partial charge in [0.25, 0.3) is 0 Å². The topological polar surface area (TPSA) is 88.8 Å². The molecular formula is C17H22N2O5. The standard InChI is InChI=1S/C17H22N2O5/c1-4-8-17(16(22)23-5-2)12-11(14(20)19(3)15(12)21)13(18-17)10-7-6-9-24-10/h6-7,9,11-13,18H,4-5,8H2,1-3H3. The number of rotatable bonds is 5. The van der Waals surface area contributed by atoms with Gasteiger partial charge in [-0.3, -0.25) is 24.6 Å². The Hall–Kier alpha value is -2.15.